The summed E-state index contributed by atoms with van der Waals surface area (Å²) in [5.41, 5.74) is 13.0. The average Bonchev–Trinajstić information content (AvgIpc) is 2.25. The summed E-state index contributed by atoms with van der Waals surface area (Å²) in [6, 6.07) is 5.18. The molecule has 5 nitrogen and oxygen atoms in total. The molecule has 0 fully saturated rings. The van der Waals surface area contributed by atoms with Crippen LogP contribution in [0.2, 0.25) is 0 Å². The number of benzene rings is 1. The average molecular weight is 235 g/mol. The molecule has 0 saturated heterocycles. The molecular weight excluding hydrogens is 218 g/mol. The largest absolute Gasteiger partial charge is 0.482 e. The summed E-state index contributed by atoms with van der Waals surface area (Å²) in [6.07, 6.45) is 0. The van der Waals surface area contributed by atoms with Crippen LogP contribution >= 0.6 is 0 Å². The number of fused-ring (bicyclic) bond motifs is 1. The minimum atomic E-state index is -0.520. The zero-order chi connectivity index (χ0) is 12.6. The monoisotopic (exact) mass is 235 g/mol. The zero-order valence-electron chi connectivity index (χ0n) is 9.99. The van der Waals surface area contributed by atoms with E-state index in [4.69, 9.17) is 16.2 Å². The van der Waals surface area contributed by atoms with Crippen molar-refractivity contribution in [1.29, 1.82) is 0 Å². The number of anilines is 1. The van der Waals surface area contributed by atoms with Gasteiger partial charge >= 0.3 is 0 Å². The summed E-state index contributed by atoms with van der Waals surface area (Å²) in [4.78, 5) is 11.2. The van der Waals surface area contributed by atoms with E-state index in [9.17, 15) is 4.79 Å². The van der Waals surface area contributed by atoms with Gasteiger partial charge in [0.05, 0.1) is 5.69 Å². The fraction of sp³-hybridized carbons (Fsp3) is 0.417. The van der Waals surface area contributed by atoms with Gasteiger partial charge in [0.2, 0.25) is 0 Å². The first-order valence-corrected chi connectivity index (χ1v) is 5.49. The quantitative estimate of drug-likeness (QED) is 0.705. The molecule has 0 bridgehead atoms. The Morgan fingerprint density at radius 3 is 2.82 bits per heavy atom. The van der Waals surface area contributed by atoms with Crippen LogP contribution in [-0.2, 0) is 4.79 Å². The Morgan fingerprint density at radius 1 is 1.47 bits per heavy atom. The highest BCUT2D eigenvalue weighted by Crippen LogP contribution is 2.32. The number of hydrogen-bond acceptors (Lipinski definition) is 4. The molecule has 92 valence electrons. The van der Waals surface area contributed by atoms with Gasteiger partial charge in [-0.2, -0.15) is 0 Å². The number of rotatable bonds is 2. The van der Waals surface area contributed by atoms with Gasteiger partial charge in [0.25, 0.3) is 5.91 Å². The Kier molecular flexibility index (Phi) is 2.81. The Morgan fingerprint density at radius 2 is 2.18 bits per heavy atom. The first kappa shape index (κ1) is 11.9. The lowest BCUT2D eigenvalue weighted by Gasteiger charge is -2.28. The summed E-state index contributed by atoms with van der Waals surface area (Å²) in [6.45, 7) is 3.79. The van der Waals surface area contributed by atoms with Gasteiger partial charge < -0.3 is 21.5 Å². The molecule has 1 heterocycles. The first-order chi connectivity index (χ1) is 7.88. The lowest BCUT2D eigenvalue weighted by atomic mass is 9.90. The van der Waals surface area contributed by atoms with E-state index in [0.717, 1.165) is 5.56 Å². The van der Waals surface area contributed by atoms with Crippen molar-refractivity contribution in [2.45, 2.75) is 25.4 Å². The van der Waals surface area contributed by atoms with Crippen molar-refractivity contribution < 1.29 is 9.53 Å². The second-order valence-corrected chi connectivity index (χ2v) is 4.89. The van der Waals surface area contributed by atoms with Gasteiger partial charge in [-0.05, 0) is 31.5 Å². The smallest absolute Gasteiger partial charge is 0.262 e. The maximum atomic E-state index is 11.2. The van der Waals surface area contributed by atoms with Crippen LogP contribution in [-0.4, -0.2) is 18.1 Å². The van der Waals surface area contributed by atoms with Crippen molar-refractivity contribution in [2.24, 2.45) is 11.5 Å². The fourth-order valence-electron chi connectivity index (χ4n) is 1.72. The maximum Gasteiger partial charge on any atom is 0.262 e. The molecule has 1 atom stereocenters. The number of nitrogens with one attached hydrogen (secondary N) is 1. The summed E-state index contributed by atoms with van der Waals surface area (Å²) in [5.74, 6) is 0.505. The molecule has 0 spiro atoms. The molecule has 0 aliphatic carbocycles. The van der Waals surface area contributed by atoms with Gasteiger partial charge in [-0.3, -0.25) is 4.79 Å². The first-order valence-electron chi connectivity index (χ1n) is 5.49. The predicted octanol–water partition coefficient (Wildman–Crippen LogP) is 0.755. The van der Waals surface area contributed by atoms with Crippen molar-refractivity contribution in [3.8, 4) is 5.75 Å². The molecule has 1 aromatic rings. The third kappa shape index (κ3) is 2.40. The van der Waals surface area contributed by atoms with E-state index in [2.05, 4.69) is 5.32 Å². The zero-order valence-corrected chi connectivity index (χ0v) is 9.99. The van der Waals surface area contributed by atoms with Crippen LogP contribution in [0, 0.1) is 0 Å². The Labute approximate surface area is 100 Å². The Bertz CT molecular complexity index is 452. The van der Waals surface area contributed by atoms with Gasteiger partial charge in [0, 0.05) is 11.6 Å². The number of ether oxygens (including phenoxy) is 1. The summed E-state index contributed by atoms with van der Waals surface area (Å²) < 4.78 is 5.27. The van der Waals surface area contributed by atoms with Gasteiger partial charge in [0.1, 0.15) is 5.75 Å². The fourth-order valence-corrected chi connectivity index (χ4v) is 1.72. The van der Waals surface area contributed by atoms with Crippen LogP contribution < -0.4 is 21.5 Å². The van der Waals surface area contributed by atoms with Gasteiger partial charge in [0.15, 0.2) is 6.61 Å². The van der Waals surface area contributed by atoms with E-state index >= 15 is 0 Å². The molecule has 0 radical (unpaired) electrons. The van der Waals surface area contributed by atoms with E-state index in [-0.39, 0.29) is 18.6 Å². The van der Waals surface area contributed by atoms with Crippen molar-refractivity contribution in [2.75, 3.05) is 11.9 Å². The predicted molar refractivity (Wildman–Crippen MR) is 65.8 cm³/mol. The van der Waals surface area contributed by atoms with Crippen LogP contribution in [0.3, 0.4) is 0 Å². The van der Waals surface area contributed by atoms with E-state index in [1.807, 2.05) is 26.0 Å². The van der Waals surface area contributed by atoms with Crippen LogP contribution in [0.1, 0.15) is 25.5 Å². The van der Waals surface area contributed by atoms with Crippen LogP contribution in [0.5, 0.6) is 5.75 Å². The molecule has 1 aliphatic rings. The molecule has 1 amide bonds. The summed E-state index contributed by atoms with van der Waals surface area (Å²) in [7, 11) is 0. The SMILES string of the molecule is CC(C)(N)C(N)c1ccc2c(c1)NC(=O)CO2. The number of nitrogens with two attached hydrogens (primary N) is 2. The van der Waals surface area contributed by atoms with E-state index < -0.39 is 5.54 Å². The molecule has 17 heavy (non-hydrogen) atoms. The second-order valence-electron chi connectivity index (χ2n) is 4.89. The van der Waals surface area contributed by atoms with Crippen molar-refractivity contribution in [1.82, 2.24) is 0 Å². The van der Waals surface area contributed by atoms with Gasteiger partial charge in [-0.25, -0.2) is 0 Å². The Hall–Kier alpha value is -1.59. The molecular formula is C12H17N3O2. The highest BCUT2D eigenvalue weighted by molar-refractivity contribution is 5.95. The molecule has 2 rings (SSSR count). The lowest BCUT2D eigenvalue weighted by Crippen LogP contribution is -2.43. The molecule has 1 unspecified atom stereocenters. The van der Waals surface area contributed by atoms with E-state index in [1.165, 1.54) is 0 Å². The van der Waals surface area contributed by atoms with Crippen molar-refractivity contribution >= 4 is 11.6 Å². The lowest BCUT2D eigenvalue weighted by molar-refractivity contribution is -0.118. The minimum Gasteiger partial charge on any atom is -0.482 e. The standard InChI is InChI=1S/C12H17N3O2/c1-12(2,14)11(13)7-3-4-9-8(5-7)15-10(16)6-17-9/h3-5,11H,6,13-14H2,1-2H3,(H,15,16). The summed E-state index contributed by atoms with van der Waals surface area (Å²) >= 11 is 0. The second kappa shape index (κ2) is 4.01. The molecule has 0 saturated carbocycles. The highest BCUT2D eigenvalue weighted by atomic mass is 16.5. The van der Waals surface area contributed by atoms with Gasteiger partial charge in [-0.1, -0.05) is 6.07 Å². The van der Waals surface area contributed by atoms with Crippen LogP contribution in [0.4, 0.5) is 5.69 Å². The van der Waals surface area contributed by atoms with E-state index in [1.54, 1.807) is 6.07 Å². The maximum absolute atomic E-state index is 11.2. The minimum absolute atomic E-state index is 0.0563. The molecule has 5 heteroatoms. The van der Waals surface area contributed by atoms with Gasteiger partial charge in [-0.15, -0.1) is 0 Å². The number of amides is 1. The third-order valence-corrected chi connectivity index (χ3v) is 2.80. The normalized spacial score (nSPS) is 16.8. The summed E-state index contributed by atoms with van der Waals surface area (Å²) in [5, 5.41) is 2.75. The van der Waals surface area contributed by atoms with Crippen LogP contribution in [0.25, 0.3) is 0 Å². The van der Waals surface area contributed by atoms with E-state index in [0.29, 0.717) is 11.4 Å². The molecule has 1 aromatic carbocycles. The Balaban J connectivity index is 2.33. The highest BCUT2D eigenvalue weighted by Gasteiger charge is 2.24. The topological polar surface area (TPSA) is 90.4 Å². The molecule has 0 aromatic heterocycles. The number of carbonyl (C=O) groups is 1. The molecule has 1 aliphatic heterocycles. The van der Waals surface area contributed by atoms with Crippen molar-refractivity contribution in [3.05, 3.63) is 23.8 Å². The number of carbonyl (C=O) groups excluding carboxylic acids is 1. The number of hydrogen-bond donors (Lipinski definition) is 3. The van der Waals surface area contributed by atoms with Crippen LogP contribution in [0.15, 0.2) is 18.2 Å². The molecule has 5 N–H and O–H groups in total. The third-order valence-electron chi connectivity index (χ3n) is 2.80. The van der Waals surface area contributed by atoms with Crippen molar-refractivity contribution in [3.63, 3.8) is 0 Å².